The highest BCUT2D eigenvalue weighted by Crippen LogP contribution is 2.52. The molecule has 3 aromatic rings. The number of fused-ring (bicyclic) bond motifs is 5. The van der Waals surface area contributed by atoms with E-state index in [-0.39, 0.29) is 12.7 Å². The molecule has 0 bridgehead atoms. The molecule has 0 spiro atoms. The molecule has 1 aliphatic carbocycles. The van der Waals surface area contributed by atoms with E-state index in [9.17, 15) is 4.79 Å². The van der Waals surface area contributed by atoms with Crippen LogP contribution in [0.4, 0.5) is 0 Å². The molecule has 0 aliphatic heterocycles. The van der Waals surface area contributed by atoms with Crippen molar-refractivity contribution in [3.05, 3.63) is 59.0 Å². The van der Waals surface area contributed by atoms with E-state index in [0.29, 0.717) is 0 Å². The number of hydrogen-bond acceptors (Lipinski definition) is 4. The van der Waals surface area contributed by atoms with Gasteiger partial charge in [0.2, 0.25) is 0 Å². The monoisotopic (exact) mass is 325 g/mol. The van der Waals surface area contributed by atoms with Gasteiger partial charge in [0.1, 0.15) is 12.1 Å². The van der Waals surface area contributed by atoms with Crippen molar-refractivity contribution in [1.82, 2.24) is 0 Å². The molecule has 4 rings (SSSR count). The lowest BCUT2D eigenvalue weighted by Gasteiger charge is -2.15. The zero-order chi connectivity index (χ0) is 16.0. The van der Waals surface area contributed by atoms with Crippen LogP contribution in [0.25, 0.3) is 21.2 Å². The molecule has 116 valence electrons. The van der Waals surface area contributed by atoms with Crippen LogP contribution in [0.5, 0.6) is 0 Å². The maximum atomic E-state index is 10.9. The standard InChI is InChI=1S/C18H15NO3S/c19-13(18(20)21)9-22-16-11-6-2-1-5-10(11)15-12-7-3-4-8-14(12)23-17(15)16/h1-8,13,16H,9,19H2,(H,20,21)/t13-,16?/m0/s1. The van der Waals surface area contributed by atoms with Crippen molar-refractivity contribution in [3.8, 4) is 11.1 Å². The number of benzene rings is 2. The van der Waals surface area contributed by atoms with Crippen LogP contribution in [0.2, 0.25) is 0 Å². The molecule has 4 nitrogen and oxygen atoms in total. The first kappa shape index (κ1) is 14.4. The first-order chi connectivity index (χ1) is 11.2. The summed E-state index contributed by atoms with van der Waals surface area (Å²) in [5.74, 6) is -1.05. The summed E-state index contributed by atoms with van der Waals surface area (Å²) >= 11 is 1.70. The number of carboxylic acid groups (broad SMARTS) is 1. The van der Waals surface area contributed by atoms with Crippen molar-refractivity contribution in [2.24, 2.45) is 5.73 Å². The Morgan fingerprint density at radius 3 is 2.78 bits per heavy atom. The number of ether oxygens (including phenoxy) is 1. The average molecular weight is 325 g/mol. The van der Waals surface area contributed by atoms with Gasteiger partial charge in [-0.05, 0) is 17.2 Å². The molecule has 1 heterocycles. The normalized spacial score (nSPS) is 17.0. The Kier molecular flexibility index (Phi) is 3.41. The highest BCUT2D eigenvalue weighted by Gasteiger charge is 2.33. The summed E-state index contributed by atoms with van der Waals surface area (Å²) in [5, 5.41) is 10.2. The Balaban J connectivity index is 1.80. The van der Waals surface area contributed by atoms with E-state index in [1.54, 1.807) is 11.3 Å². The lowest BCUT2D eigenvalue weighted by atomic mass is 10.0. The molecule has 1 aliphatic rings. The van der Waals surface area contributed by atoms with Gasteiger partial charge in [-0.1, -0.05) is 42.5 Å². The molecule has 0 amide bonds. The van der Waals surface area contributed by atoms with Gasteiger partial charge >= 0.3 is 5.97 Å². The molecule has 3 N–H and O–H groups in total. The van der Waals surface area contributed by atoms with Crippen LogP contribution in [0.3, 0.4) is 0 Å². The largest absolute Gasteiger partial charge is 0.480 e. The lowest BCUT2D eigenvalue weighted by molar-refractivity contribution is -0.140. The minimum atomic E-state index is -1.05. The zero-order valence-corrected chi connectivity index (χ0v) is 13.0. The number of carboxylic acids is 1. The van der Waals surface area contributed by atoms with Crippen LogP contribution < -0.4 is 5.73 Å². The van der Waals surface area contributed by atoms with Gasteiger partial charge in [-0.25, -0.2) is 0 Å². The van der Waals surface area contributed by atoms with Gasteiger partial charge in [0, 0.05) is 20.5 Å². The van der Waals surface area contributed by atoms with Gasteiger partial charge in [0.25, 0.3) is 0 Å². The molecule has 1 aromatic heterocycles. The van der Waals surface area contributed by atoms with Gasteiger partial charge in [-0.3, -0.25) is 4.79 Å². The fourth-order valence-corrected chi connectivity index (χ4v) is 4.35. The summed E-state index contributed by atoms with van der Waals surface area (Å²) in [6, 6.07) is 15.4. The zero-order valence-electron chi connectivity index (χ0n) is 12.2. The van der Waals surface area contributed by atoms with Crippen molar-refractivity contribution >= 4 is 27.4 Å². The molecule has 2 atom stereocenters. The third-order valence-electron chi connectivity index (χ3n) is 4.13. The number of rotatable bonds is 4. The molecular formula is C18H15NO3S. The van der Waals surface area contributed by atoms with E-state index in [2.05, 4.69) is 18.2 Å². The molecule has 5 heteroatoms. The molecule has 0 saturated heterocycles. The first-order valence-electron chi connectivity index (χ1n) is 7.37. The average Bonchev–Trinajstić information content (AvgIpc) is 3.07. The van der Waals surface area contributed by atoms with E-state index < -0.39 is 12.0 Å². The van der Waals surface area contributed by atoms with Crippen molar-refractivity contribution < 1.29 is 14.6 Å². The summed E-state index contributed by atoms with van der Waals surface area (Å²) in [6.07, 6.45) is -0.246. The second-order valence-corrected chi connectivity index (χ2v) is 6.67. The number of hydrogen-bond donors (Lipinski definition) is 2. The van der Waals surface area contributed by atoms with Crippen LogP contribution in [0.1, 0.15) is 16.5 Å². The van der Waals surface area contributed by atoms with Crippen molar-refractivity contribution in [2.75, 3.05) is 6.61 Å². The van der Waals surface area contributed by atoms with Gasteiger partial charge in [-0.15, -0.1) is 11.3 Å². The van der Waals surface area contributed by atoms with Gasteiger partial charge in [0.15, 0.2) is 0 Å². The predicted octanol–water partition coefficient (Wildman–Crippen LogP) is 3.40. The Hall–Kier alpha value is -2.21. The minimum Gasteiger partial charge on any atom is -0.480 e. The highest BCUT2D eigenvalue weighted by molar-refractivity contribution is 7.19. The Labute approximate surface area is 137 Å². The van der Waals surface area contributed by atoms with Crippen LogP contribution in [0, 0.1) is 0 Å². The number of carbonyl (C=O) groups is 1. The van der Waals surface area contributed by atoms with Gasteiger partial charge in [-0.2, -0.15) is 0 Å². The third-order valence-corrected chi connectivity index (χ3v) is 5.35. The fourth-order valence-electron chi connectivity index (χ4n) is 3.06. The molecule has 1 unspecified atom stereocenters. The molecule has 0 fully saturated rings. The van der Waals surface area contributed by atoms with E-state index in [0.717, 1.165) is 16.0 Å². The van der Waals surface area contributed by atoms with Crippen LogP contribution in [-0.4, -0.2) is 23.7 Å². The fraction of sp³-hybridized carbons (Fsp3) is 0.167. The Bertz CT molecular complexity index is 902. The van der Waals surface area contributed by atoms with Gasteiger partial charge in [0.05, 0.1) is 6.61 Å². The van der Waals surface area contributed by atoms with E-state index in [1.165, 1.54) is 15.6 Å². The second kappa shape index (κ2) is 5.45. The maximum Gasteiger partial charge on any atom is 0.322 e. The van der Waals surface area contributed by atoms with Crippen molar-refractivity contribution in [1.29, 1.82) is 0 Å². The molecular weight excluding hydrogens is 310 g/mol. The summed E-state index contributed by atoms with van der Waals surface area (Å²) in [6.45, 7) is -0.0119. The van der Waals surface area contributed by atoms with Crippen molar-refractivity contribution in [3.63, 3.8) is 0 Å². The van der Waals surface area contributed by atoms with Crippen LogP contribution in [0.15, 0.2) is 48.5 Å². The SMILES string of the molecule is N[C@@H](COC1c2ccccc2-c2c1sc1ccccc21)C(=O)O. The summed E-state index contributed by atoms with van der Waals surface area (Å²) in [7, 11) is 0. The van der Waals surface area contributed by atoms with E-state index >= 15 is 0 Å². The lowest BCUT2D eigenvalue weighted by Crippen LogP contribution is -2.35. The summed E-state index contributed by atoms with van der Waals surface area (Å²) in [4.78, 5) is 12.1. The van der Waals surface area contributed by atoms with Crippen LogP contribution >= 0.6 is 11.3 Å². The number of thiophene rings is 1. The number of aliphatic carboxylic acids is 1. The first-order valence-corrected chi connectivity index (χ1v) is 8.19. The van der Waals surface area contributed by atoms with E-state index in [1.807, 2.05) is 30.3 Å². The Morgan fingerprint density at radius 1 is 1.22 bits per heavy atom. The summed E-state index contributed by atoms with van der Waals surface area (Å²) in [5.41, 5.74) is 9.03. The quantitative estimate of drug-likeness (QED) is 0.771. The predicted molar refractivity (Wildman–Crippen MR) is 90.7 cm³/mol. The van der Waals surface area contributed by atoms with Gasteiger partial charge < -0.3 is 15.6 Å². The Morgan fingerprint density at radius 2 is 1.96 bits per heavy atom. The van der Waals surface area contributed by atoms with E-state index in [4.69, 9.17) is 15.6 Å². The molecule has 0 saturated carbocycles. The molecule has 23 heavy (non-hydrogen) atoms. The molecule has 0 radical (unpaired) electrons. The highest BCUT2D eigenvalue weighted by atomic mass is 32.1. The van der Waals surface area contributed by atoms with Crippen LogP contribution in [-0.2, 0) is 9.53 Å². The molecule has 2 aromatic carbocycles. The third kappa shape index (κ3) is 2.25. The number of nitrogens with two attached hydrogens (primary N) is 1. The summed E-state index contributed by atoms with van der Waals surface area (Å²) < 4.78 is 7.12. The maximum absolute atomic E-state index is 10.9. The van der Waals surface area contributed by atoms with Crippen molar-refractivity contribution in [2.45, 2.75) is 12.1 Å². The topological polar surface area (TPSA) is 72.5 Å². The second-order valence-electron chi connectivity index (χ2n) is 5.58. The minimum absolute atomic E-state index is 0.0119. The smallest absolute Gasteiger partial charge is 0.322 e.